The van der Waals surface area contributed by atoms with Crippen molar-refractivity contribution in [3.05, 3.63) is 0 Å². The quantitative estimate of drug-likeness (QED) is 0.829. The first-order valence-electron chi connectivity index (χ1n) is 8.00. The van der Waals surface area contributed by atoms with Crippen LogP contribution in [-0.4, -0.2) is 29.6 Å². The van der Waals surface area contributed by atoms with Gasteiger partial charge >= 0.3 is 0 Å². The van der Waals surface area contributed by atoms with Gasteiger partial charge in [-0.15, -0.1) is 0 Å². The number of hydrogen-bond donors (Lipinski definition) is 1. The van der Waals surface area contributed by atoms with Crippen LogP contribution < -0.4 is 5.73 Å². The lowest BCUT2D eigenvalue weighted by molar-refractivity contribution is -0.0137. The molecule has 0 aromatic heterocycles. The number of likely N-dealkylation sites (N-methyl/N-ethyl adjacent to an activating group) is 1. The summed E-state index contributed by atoms with van der Waals surface area (Å²) in [4.78, 5) is 2.79. The lowest BCUT2D eigenvalue weighted by Crippen LogP contribution is -2.60. The highest BCUT2D eigenvalue weighted by molar-refractivity contribution is 5.01. The molecule has 1 unspecified atom stereocenters. The van der Waals surface area contributed by atoms with Gasteiger partial charge in [-0.25, -0.2) is 0 Å². The summed E-state index contributed by atoms with van der Waals surface area (Å²) in [7, 11) is 0. The van der Waals surface area contributed by atoms with Crippen molar-refractivity contribution in [1.29, 1.82) is 0 Å². The molecule has 18 heavy (non-hydrogen) atoms. The average molecular weight is 252 g/mol. The zero-order chi connectivity index (χ0) is 13.2. The Balaban J connectivity index is 2.17. The van der Waals surface area contributed by atoms with Crippen molar-refractivity contribution < 1.29 is 0 Å². The molecule has 0 amide bonds. The molecule has 0 saturated heterocycles. The van der Waals surface area contributed by atoms with Crippen molar-refractivity contribution in [1.82, 2.24) is 4.90 Å². The molecule has 0 radical (unpaired) electrons. The fourth-order valence-electron chi connectivity index (χ4n) is 4.70. The first-order valence-corrected chi connectivity index (χ1v) is 8.00. The SMILES string of the molecule is CCN(C1CCCC1)C1(CN)CCCC(C)(C)C1. The summed E-state index contributed by atoms with van der Waals surface area (Å²) >= 11 is 0. The van der Waals surface area contributed by atoms with E-state index in [1.807, 2.05) is 0 Å². The summed E-state index contributed by atoms with van der Waals surface area (Å²) in [6.45, 7) is 9.22. The molecule has 0 aliphatic heterocycles. The average Bonchev–Trinajstić information content (AvgIpc) is 2.82. The molecule has 2 nitrogen and oxygen atoms in total. The van der Waals surface area contributed by atoms with Gasteiger partial charge in [0.2, 0.25) is 0 Å². The van der Waals surface area contributed by atoms with Crippen LogP contribution in [0.3, 0.4) is 0 Å². The van der Waals surface area contributed by atoms with Gasteiger partial charge in [0.1, 0.15) is 0 Å². The summed E-state index contributed by atoms with van der Waals surface area (Å²) < 4.78 is 0. The first-order chi connectivity index (χ1) is 8.53. The molecule has 2 N–H and O–H groups in total. The Labute approximate surface area is 113 Å². The van der Waals surface area contributed by atoms with Crippen LogP contribution in [-0.2, 0) is 0 Å². The maximum absolute atomic E-state index is 6.26. The third kappa shape index (κ3) is 2.75. The minimum Gasteiger partial charge on any atom is -0.329 e. The summed E-state index contributed by atoms with van der Waals surface area (Å²) in [5, 5.41) is 0. The van der Waals surface area contributed by atoms with E-state index >= 15 is 0 Å². The largest absolute Gasteiger partial charge is 0.329 e. The molecular weight excluding hydrogens is 220 g/mol. The molecule has 2 heteroatoms. The standard InChI is InChI=1S/C16H32N2/c1-4-18(14-8-5-6-9-14)16(13-17)11-7-10-15(2,3)12-16/h14H,4-13,17H2,1-3H3. The van der Waals surface area contributed by atoms with E-state index in [1.165, 1.54) is 57.9 Å². The van der Waals surface area contributed by atoms with Crippen LogP contribution >= 0.6 is 0 Å². The highest BCUT2D eigenvalue weighted by Crippen LogP contribution is 2.45. The summed E-state index contributed by atoms with van der Waals surface area (Å²) in [6.07, 6.45) is 11.0. The van der Waals surface area contributed by atoms with Crippen molar-refractivity contribution in [3.63, 3.8) is 0 Å². The smallest absolute Gasteiger partial charge is 0.0339 e. The maximum atomic E-state index is 6.26. The molecule has 0 heterocycles. The minimum atomic E-state index is 0.297. The number of rotatable bonds is 4. The molecule has 2 rings (SSSR count). The van der Waals surface area contributed by atoms with Crippen molar-refractivity contribution >= 4 is 0 Å². The van der Waals surface area contributed by atoms with E-state index in [2.05, 4.69) is 25.7 Å². The van der Waals surface area contributed by atoms with E-state index in [4.69, 9.17) is 5.73 Å². The van der Waals surface area contributed by atoms with Gasteiger partial charge in [0, 0.05) is 18.1 Å². The second-order valence-corrected chi connectivity index (χ2v) is 7.35. The number of hydrogen-bond acceptors (Lipinski definition) is 2. The predicted octanol–water partition coefficient (Wildman–Crippen LogP) is 3.55. The third-order valence-electron chi connectivity index (χ3n) is 5.40. The lowest BCUT2D eigenvalue weighted by Gasteiger charge is -2.53. The summed E-state index contributed by atoms with van der Waals surface area (Å²) in [5.74, 6) is 0. The molecule has 0 aromatic carbocycles. The Kier molecular flexibility index (Phi) is 4.38. The van der Waals surface area contributed by atoms with Crippen LogP contribution in [0.2, 0.25) is 0 Å². The van der Waals surface area contributed by atoms with Crippen LogP contribution in [0.1, 0.15) is 72.1 Å². The maximum Gasteiger partial charge on any atom is 0.0339 e. The third-order valence-corrected chi connectivity index (χ3v) is 5.40. The molecule has 2 aliphatic carbocycles. The van der Waals surface area contributed by atoms with E-state index in [0.717, 1.165) is 12.6 Å². The number of nitrogens with two attached hydrogens (primary N) is 1. The Hall–Kier alpha value is -0.0800. The Morgan fingerprint density at radius 1 is 1.11 bits per heavy atom. The highest BCUT2D eigenvalue weighted by atomic mass is 15.2. The molecule has 2 fully saturated rings. The zero-order valence-corrected chi connectivity index (χ0v) is 12.7. The van der Waals surface area contributed by atoms with Gasteiger partial charge in [-0.3, -0.25) is 4.90 Å². The van der Waals surface area contributed by atoms with Crippen molar-refractivity contribution in [2.45, 2.75) is 83.7 Å². The number of nitrogens with zero attached hydrogens (tertiary/aromatic N) is 1. The van der Waals surface area contributed by atoms with Crippen LogP contribution in [0.25, 0.3) is 0 Å². The van der Waals surface area contributed by atoms with Gasteiger partial charge in [-0.2, -0.15) is 0 Å². The first kappa shape index (κ1) is 14.3. The van der Waals surface area contributed by atoms with Crippen LogP contribution in [0.5, 0.6) is 0 Å². The van der Waals surface area contributed by atoms with Gasteiger partial charge in [-0.05, 0) is 44.1 Å². The van der Waals surface area contributed by atoms with E-state index in [9.17, 15) is 0 Å². The van der Waals surface area contributed by atoms with E-state index in [-0.39, 0.29) is 0 Å². The lowest BCUT2D eigenvalue weighted by atomic mass is 9.67. The van der Waals surface area contributed by atoms with E-state index in [0.29, 0.717) is 11.0 Å². The fraction of sp³-hybridized carbons (Fsp3) is 1.00. The molecule has 106 valence electrons. The van der Waals surface area contributed by atoms with Crippen molar-refractivity contribution in [2.75, 3.05) is 13.1 Å². The van der Waals surface area contributed by atoms with Crippen molar-refractivity contribution in [2.24, 2.45) is 11.1 Å². The summed E-state index contributed by atoms with van der Waals surface area (Å²) in [5.41, 5.74) is 7.03. The highest BCUT2D eigenvalue weighted by Gasteiger charge is 2.45. The van der Waals surface area contributed by atoms with Gasteiger partial charge in [0.25, 0.3) is 0 Å². The second kappa shape index (κ2) is 5.50. The van der Waals surface area contributed by atoms with Gasteiger partial charge in [0.05, 0.1) is 0 Å². The van der Waals surface area contributed by atoms with Gasteiger partial charge in [-0.1, -0.05) is 40.0 Å². The Morgan fingerprint density at radius 2 is 1.78 bits per heavy atom. The molecule has 2 aliphatic rings. The van der Waals surface area contributed by atoms with Crippen LogP contribution in [0, 0.1) is 5.41 Å². The van der Waals surface area contributed by atoms with E-state index < -0.39 is 0 Å². The topological polar surface area (TPSA) is 29.3 Å². The predicted molar refractivity (Wildman–Crippen MR) is 78.7 cm³/mol. The van der Waals surface area contributed by atoms with E-state index in [1.54, 1.807) is 0 Å². The van der Waals surface area contributed by atoms with Gasteiger partial charge < -0.3 is 5.73 Å². The van der Waals surface area contributed by atoms with Crippen LogP contribution in [0.15, 0.2) is 0 Å². The molecule has 2 saturated carbocycles. The zero-order valence-electron chi connectivity index (χ0n) is 12.7. The molecule has 1 atom stereocenters. The monoisotopic (exact) mass is 252 g/mol. The molecular formula is C16H32N2. The van der Waals surface area contributed by atoms with Crippen LogP contribution in [0.4, 0.5) is 0 Å². The van der Waals surface area contributed by atoms with Gasteiger partial charge in [0.15, 0.2) is 0 Å². The minimum absolute atomic E-state index is 0.297. The molecule has 0 spiro atoms. The molecule has 0 bridgehead atoms. The Morgan fingerprint density at radius 3 is 2.28 bits per heavy atom. The molecule has 0 aromatic rings. The summed E-state index contributed by atoms with van der Waals surface area (Å²) in [6, 6.07) is 0.812. The van der Waals surface area contributed by atoms with Crippen molar-refractivity contribution in [3.8, 4) is 0 Å². The Bertz CT molecular complexity index is 268. The normalized spacial score (nSPS) is 33.2. The fourth-order valence-corrected chi connectivity index (χ4v) is 4.70. The second-order valence-electron chi connectivity index (χ2n) is 7.35.